The normalized spacial score (nSPS) is 15.8. The van der Waals surface area contributed by atoms with E-state index in [1.807, 2.05) is 0 Å². The molecule has 0 spiro atoms. The maximum Gasteiger partial charge on any atom is 0.390 e. The van der Waals surface area contributed by atoms with Gasteiger partial charge in [0.05, 0.1) is 19.1 Å². The average molecular weight is 285 g/mol. The molecule has 0 aliphatic rings. The van der Waals surface area contributed by atoms with Gasteiger partial charge in [0, 0.05) is 19.2 Å². The first-order valence-electron chi connectivity index (χ1n) is 6.76. The van der Waals surface area contributed by atoms with Crippen molar-refractivity contribution in [2.45, 2.75) is 58.4 Å². The fourth-order valence-corrected chi connectivity index (χ4v) is 1.63. The minimum absolute atomic E-state index is 0.113. The summed E-state index contributed by atoms with van der Waals surface area (Å²) in [5, 5.41) is 12.2. The average Bonchev–Trinajstić information content (AvgIpc) is 2.23. The predicted octanol–water partition coefficient (Wildman–Crippen LogP) is 2.73. The maximum atomic E-state index is 12.1. The first-order chi connectivity index (χ1) is 8.70. The van der Waals surface area contributed by atoms with Crippen LogP contribution in [0.15, 0.2) is 0 Å². The number of alkyl halides is 3. The second-order valence-electron chi connectivity index (χ2n) is 5.39. The highest BCUT2D eigenvalue weighted by Crippen LogP contribution is 2.21. The van der Waals surface area contributed by atoms with E-state index < -0.39 is 24.7 Å². The Labute approximate surface area is 113 Å². The molecular formula is C13H26F3NO2. The van der Waals surface area contributed by atoms with Crippen LogP contribution in [0.4, 0.5) is 13.2 Å². The molecule has 0 aromatic heterocycles. The van der Waals surface area contributed by atoms with Crippen LogP contribution < -0.4 is 5.32 Å². The molecular weight excluding hydrogens is 259 g/mol. The van der Waals surface area contributed by atoms with Crippen molar-refractivity contribution >= 4 is 0 Å². The van der Waals surface area contributed by atoms with E-state index in [9.17, 15) is 18.3 Å². The molecule has 6 heteroatoms. The molecule has 116 valence electrons. The number of hydrogen-bond acceptors (Lipinski definition) is 3. The molecule has 0 aromatic carbocycles. The van der Waals surface area contributed by atoms with Gasteiger partial charge >= 0.3 is 6.18 Å². The van der Waals surface area contributed by atoms with E-state index in [1.165, 1.54) is 6.92 Å². The van der Waals surface area contributed by atoms with Gasteiger partial charge in [-0.25, -0.2) is 0 Å². The van der Waals surface area contributed by atoms with Crippen LogP contribution in [0.1, 0.15) is 40.0 Å². The number of halogens is 3. The minimum atomic E-state index is -4.18. The van der Waals surface area contributed by atoms with Gasteiger partial charge in [0.2, 0.25) is 0 Å². The first-order valence-corrected chi connectivity index (χ1v) is 6.76. The van der Waals surface area contributed by atoms with Crippen LogP contribution >= 0.6 is 0 Å². The van der Waals surface area contributed by atoms with E-state index in [-0.39, 0.29) is 13.2 Å². The van der Waals surface area contributed by atoms with Gasteiger partial charge in [-0.15, -0.1) is 0 Å². The van der Waals surface area contributed by atoms with E-state index in [0.717, 1.165) is 12.8 Å². The van der Waals surface area contributed by atoms with Crippen LogP contribution in [-0.2, 0) is 4.74 Å². The first kappa shape index (κ1) is 18.7. The van der Waals surface area contributed by atoms with E-state index in [1.54, 1.807) is 0 Å². The van der Waals surface area contributed by atoms with E-state index in [2.05, 4.69) is 19.2 Å². The highest BCUT2D eigenvalue weighted by Gasteiger charge is 2.29. The lowest BCUT2D eigenvalue weighted by Crippen LogP contribution is -2.38. The third-order valence-electron chi connectivity index (χ3n) is 2.62. The molecule has 2 unspecified atom stereocenters. The Hall–Kier alpha value is -0.330. The van der Waals surface area contributed by atoms with Crippen molar-refractivity contribution in [2.24, 2.45) is 5.92 Å². The van der Waals surface area contributed by atoms with Gasteiger partial charge in [-0.1, -0.05) is 13.8 Å². The van der Waals surface area contributed by atoms with Gasteiger partial charge in [0.25, 0.3) is 0 Å². The third kappa shape index (κ3) is 13.9. The highest BCUT2D eigenvalue weighted by molar-refractivity contribution is 4.68. The van der Waals surface area contributed by atoms with Crippen molar-refractivity contribution in [2.75, 3.05) is 19.8 Å². The fourth-order valence-electron chi connectivity index (χ4n) is 1.63. The molecule has 0 saturated carbocycles. The molecule has 0 saturated heterocycles. The second-order valence-corrected chi connectivity index (χ2v) is 5.39. The van der Waals surface area contributed by atoms with Gasteiger partial charge in [-0.3, -0.25) is 0 Å². The van der Waals surface area contributed by atoms with Crippen LogP contribution in [-0.4, -0.2) is 43.2 Å². The molecule has 0 aliphatic heterocycles. The molecule has 0 aliphatic carbocycles. The second kappa shape index (κ2) is 9.55. The summed E-state index contributed by atoms with van der Waals surface area (Å²) in [4.78, 5) is 0. The Kier molecular flexibility index (Phi) is 9.39. The molecule has 0 fully saturated rings. The van der Waals surface area contributed by atoms with E-state index >= 15 is 0 Å². The summed E-state index contributed by atoms with van der Waals surface area (Å²) >= 11 is 0. The van der Waals surface area contributed by atoms with Crippen LogP contribution in [0, 0.1) is 5.92 Å². The molecule has 0 rings (SSSR count). The molecule has 2 N–H and O–H groups in total. The number of rotatable bonds is 10. The van der Waals surface area contributed by atoms with Crippen molar-refractivity contribution in [3.8, 4) is 0 Å². The van der Waals surface area contributed by atoms with E-state index in [0.29, 0.717) is 12.5 Å². The van der Waals surface area contributed by atoms with Gasteiger partial charge in [0.15, 0.2) is 0 Å². The molecule has 0 heterocycles. The molecule has 2 atom stereocenters. The number of aliphatic hydroxyl groups excluding tert-OH is 1. The summed E-state index contributed by atoms with van der Waals surface area (Å²) in [6, 6.07) is -0.699. The standard InChI is InChI=1S/C13H26F3NO2/c1-10(2)5-4-6-19-9-12(18)8-17-11(3)7-13(14,15)16/h10-12,17-18H,4-9H2,1-3H3. The lowest BCUT2D eigenvalue weighted by molar-refractivity contribution is -0.139. The molecule has 19 heavy (non-hydrogen) atoms. The predicted molar refractivity (Wildman–Crippen MR) is 69.0 cm³/mol. The largest absolute Gasteiger partial charge is 0.390 e. The minimum Gasteiger partial charge on any atom is -0.389 e. The Bertz CT molecular complexity index is 222. The van der Waals surface area contributed by atoms with Gasteiger partial charge in [0.1, 0.15) is 0 Å². The summed E-state index contributed by atoms with van der Waals surface area (Å²) in [7, 11) is 0. The van der Waals surface area contributed by atoms with Crippen molar-refractivity contribution in [3.63, 3.8) is 0 Å². The summed E-state index contributed by atoms with van der Waals surface area (Å²) in [6.07, 6.45) is -3.84. The SMILES string of the molecule is CC(C)CCCOCC(O)CNC(C)CC(F)(F)F. The lowest BCUT2D eigenvalue weighted by atomic mass is 10.1. The van der Waals surface area contributed by atoms with Crippen molar-refractivity contribution in [1.29, 1.82) is 0 Å². The van der Waals surface area contributed by atoms with Crippen molar-refractivity contribution in [1.82, 2.24) is 5.32 Å². The van der Waals surface area contributed by atoms with E-state index in [4.69, 9.17) is 4.74 Å². The van der Waals surface area contributed by atoms with Crippen LogP contribution in [0.2, 0.25) is 0 Å². The fraction of sp³-hybridized carbons (Fsp3) is 1.00. The quantitative estimate of drug-likeness (QED) is 0.606. The molecule has 0 bridgehead atoms. The Morgan fingerprint density at radius 3 is 2.37 bits per heavy atom. The van der Waals surface area contributed by atoms with Crippen LogP contribution in [0.3, 0.4) is 0 Å². The van der Waals surface area contributed by atoms with Gasteiger partial charge in [-0.05, 0) is 25.7 Å². The summed E-state index contributed by atoms with van der Waals surface area (Å²) in [5.74, 6) is 0.624. The topological polar surface area (TPSA) is 41.5 Å². The molecule has 0 radical (unpaired) electrons. The van der Waals surface area contributed by atoms with Gasteiger partial charge < -0.3 is 15.2 Å². The summed E-state index contributed by atoms with van der Waals surface area (Å²) in [6.45, 7) is 6.55. The maximum absolute atomic E-state index is 12.1. The summed E-state index contributed by atoms with van der Waals surface area (Å²) in [5.41, 5.74) is 0. The number of nitrogens with one attached hydrogen (secondary N) is 1. The van der Waals surface area contributed by atoms with Crippen LogP contribution in [0.25, 0.3) is 0 Å². The lowest BCUT2D eigenvalue weighted by Gasteiger charge is -2.18. The monoisotopic (exact) mass is 285 g/mol. The zero-order valence-electron chi connectivity index (χ0n) is 12.0. The summed E-state index contributed by atoms with van der Waals surface area (Å²) < 4.78 is 41.4. The number of aliphatic hydroxyl groups is 1. The van der Waals surface area contributed by atoms with Crippen LogP contribution in [0.5, 0.6) is 0 Å². The zero-order valence-corrected chi connectivity index (χ0v) is 12.0. The molecule has 3 nitrogen and oxygen atoms in total. The Morgan fingerprint density at radius 1 is 1.21 bits per heavy atom. The molecule has 0 aromatic rings. The van der Waals surface area contributed by atoms with Crippen molar-refractivity contribution < 1.29 is 23.0 Å². The number of hydrogen-bond donors (Lipinski definition) is 2. The molecule has 0 amide bonds. The zero-order chi connectivity index (χ0) is 14.9. The third-order valence-corrected chi connectivity index (χ3v) is 2.62. The smallest absolute Gasteiger partial charge is 0.389 e. The Morgan fingerprint density at radius 2 is 1.84 bits per heavy atom. The number of ether oxygens (including phenoxy) is 1. The Balaban J connectivity index is 3.51. The highest BCUT2D eigenvalue weighted by atomic mass is 19.4. The van der Waals surface area contributed by atoms with Gasteiger partial charge in [-0.2, -0.15) is 13.2 Å². The van der Waals surface area contributed by atoms with Crippen molar-refractivity contribution in [3.05, 3.63) is 0 Å².